The lowest BCUT2D eigenvalue weighted by Gasteiger charge is -2.24. The summed E-state index contributed by atoms with van der Waals surface area (Å²) in [6.45, 7) is 3.36. The molecule has 1 saturated heterocycles. The third-order valence-electron chi connectivity index (χ3n) is 3.80. The number of hydrogen-bond donors (Lipinski definition) is 1. The Hall–Kier alpha value is -1.43. The van der Waals surface area contributed by atoms with Crippen LogP contribution in [0.3, 0.4) is 0 Å². The standard InChI is InChI=1S/C16H18ClN3OS/c1-11(21)18-16-19-14(10-22-16)9-20-7-3-6-15(20)12-4-2-5-13(17)8-12/h2,4-5,8,10,15H,3,6-7,9H2,1H3,(H,18,19,21). The van der Waals surface area contributed by atoms with Crippen molar-refractivity contribution in [2.75, 3.05) is 11.9 Å². The molecule has 0 spiro atoms. The van der Waals surface area contributed by atoms with Crippen LogP contribution in [0.2, 0.25) is 5.02 Å². The number of nitrogens with zero attached hydrogens (tertiary/aromatic N) is 2. The molecule has 0 saturated carbocycles. The second-order valence-corrected chi connectivity index (χ2v) is 6.80. The molecule has 2 aromatic rings. The van der Waals surface area contributed by atoms with E-state index in [4.69, 9.17) is 11.6 Å². The number of carbonyl (C=O) groups is 1. The average Bonchev–Trinajstić information content (AvgIpc) is 3.08. The van der Waals surface area contributed by atoms with Gasteiger partial charge in [-0.2, -0.15) is 0 Å². The van der Waals surface area contributed by atoms with Gasteiger partial charge < -0.3 is 5.32 Å². The van der Waals surface area contributed by atoms with Gasteiger partial charge in [0.05, 0.1) is 5.69 Å². The topological polar surface area (TPSA) is 45.2 Å². The van der Waals surface area contributed by atoms with Crippen molar-refractivity contribution in [2.45, 2.75) is 32.4 Å². The van der Waals surface area contributed by atoms with Gasteiger partial charge in [0.15, 0.2) is 5.13 Å². The van der Waals surface area contributed by atoms with Crippen LogP contribution in [0.5, 0.6) is 0 Å². The van der Waals surface area contributed by atoms with E-state index in [2.05, 4.69) is 21.3 Å². The second-order valence-electron chi connectivity index (χ2n) is 5.51. The van der Waals surface area contributed by atoms with Crippen LogP contribution in [-0.4, -0.2) is 22.3 Å². The van der Waals surface area contributed by atoms with Crippen LogP contribution in [-0.2, 0) is 11.3 Å². The molecular weight excluding hydrogens is 318 g/mol. The van der Waals surface area contributed by atoms with E-state index in [1.807, 2.05) is 23.6 Å². The van der Waals surface area contributed by atoms with Crippen molar-refractivity contribution in [3.05, 3.63) is 45.9 Å². The quantitative estimate of drug-likeness (QED) is 0.915. The van der Waals surface area contributed by atoms with Crippen molar-refractivity contribution in [3.8, 4) is 0 Å². The zero-order valence-electron chi connectivity index (χ0n) is 12.4. The molecule has 3 rings (SSSR count). The molecular formula is C16H18ClN3OS. The van der Waals surface area contributed by atoms with Crippen LogP contribution < -0.4 is 5.32 Å². The molecule has 1 fully saturated rings. The summed E-state index contributed by atoms with van der Waals surface area (Å²) in [6, 6.07) is 8.49. The van der Waals surface area contributed by atoms with Crippen LogP contribution in [0.25, 0.3) is 0 Å². The van der Waals surface area contributed by atoms with Crippen molar-refractivity contribution in [2.24, 2.45) is 0 Å². The molecule has 0 aliphatic carbocycles. The number of hydrogen-bond acceptors (Lipinski definition) is 4. The Labute approximate surface area is 139 Å². The third kappa shape index (κ3) is 3.66. The number of benzene rings is 1. The van der Waals surface area contributed by atoms with Crippen molar-refractivity contribution in [3.63, 3.8) is 0 Å². The number of carbonyl (C=O) groups excluding carboxylic acids is 1. The largest absolute Gasteiger partial charge is 0.302 e. The van der Waals surface area contributed by atoms with Crippen molar-refractivity contribution in [1.82, 2.24) is 9.88 Å². The molecule has 0 radical (unpaired) electrons. The summed E-state index contributed by atoms with van der Waals surface area (Å²) in [4.78, 5) is 18.0. The first-order valence-corrected chi connectivity index (χ1v) is 8.59. The molecule has 1 aliphatic heterocycles. The summed E-state index contributed by atoms with van der Waals surface area (Å²) in [5.74, 6) is -0.0844. The van der Waals surface area contributed by atoms with Gasteiger partial charge in [-0.25, -0.2) is 4.98 Å². The number of amides is 1. The highest BCUT2D eigenvalue weighted by Gasteiger charge is 2.26. The fourth-order valence-electron chi connectivity index (χ4n) is 2.90. The first kappa shape index (κ1) is 15.5. The lowest BCUT2D eigenvalue weighted by molar-refractivity contribution is -0.114. The monoisotopic (exact) mass is 335 g/mol. The highest BCUT2D eigenvalue weighted by molar-refractivity contribution is 7.13. The fourth-order valence-corrected chi connectivity index (χ4v) is 3.85. The van der Waals surface area contributed by atoms with Gasteiger partial charge in [0.25, 0.3) is 0 Å². The van der Waals surface area contributed by atoms with E-state index in [-0.39, 0.29) is 5.91 Å². The highest BCUT2D eigenvalue weighted by Crippen LogP contribution is 2.34. The minimum Gasteiger partial charge on any atom is -0.302 e. The molecule has 1 N–H and O–H groups in total. The maximum absolute atomic E-state index is 11.1. The molecule has 1 aromatic heterocycles. The lowest BCUT2D eigenvalue weighted by atomic mass is 10.0. The Morgan fingerprint density at radius 2 is 2.41 bits per heavy atom. The van der Waals surface area contributed by atoms with Gasteiger partial charge >= 0.3 is 0 Å². The molecule has 0 bridgehead atoms. The van der Waals surface area contributed by atoms with Crippen molar-refractivity contribution >= 4 is 34.0 Å². The first-order valence-electron chi connectivity index (χ1n) is 7.33. The summed E-state index contributed by atoms with van der Waals surface area (Å²) in [6.07, 6.45) is 2.32. The Bertz CT molecular complexity index is 673. The predicted octanol–water partition coefficient (Wildman–Crippen LogP) is 4.09. The van der Waals surface area contributed by atoms with Gasteiger partial charge in [-0.05, 0) is 37.1 Å². The van der Waals surface area contributed by atoms with E-state index >= 15 is 0 Å². The van der Waals surface area contributed by atoms with Gasteiger partial charge in [0.2, 0.25) is 5.91 Å². The average molecular weight is 336 g/mol. The Morgan fingerprint density at radius 3 is 3.18 bits per heavy atom. The SMILES string of the molecule is CC(=O)Nc1nc(CN2CCCC2c2cccc(Cl)c2)cs1. The number of rotatable bonds is 4. The van der Waals surface area contributed by atoms with Crippen LogP contribution >= 0.6 is 22.9 Å². The molecule has 6 heteroatoms. The summed E-state index contributed by atoms with van der Waals surface area (Å²) in [5.41, 5.74) is 2.27. The van der Waals surface area contributed by atoms with Crippen molar-refractivity contribution in [1.29, 1.82) is 0 Å². The molecule has 116 valence electrons. The molecule has 1 amide bonds. The molecule has 2 heterocycles. The van der Waals surface area contributed by atoms with Gasteiger partial charge in [-0.3, -0.25) is 9.69 Å². The van der Waals surface area contributed by atoms with Crippen LogP contribution in [0.15, 0.2) is 29.6 Å². The summed E-state index contributed by atoms with van der Waals surface area (Å²) in [5, 5.41) is 6.20. The molecule has 22 heavy (non-hydrogen) atoms. The zero-order chi connectivity index (χ0) is 15.5. The van der Waals surface area contributed by atoms with Gasteiger partial charge in [0.1, 0.15) is 0 Å². The number of likely N-dealkylation sites (tertiary alicyclic amines) is 1. The molecule has 1 aliphatic rings. The number of thiazole rings is 1. The minimum absolute atomic E-state index is 0.0844. The zero-order valence-corrected chi connectivity index (χ0v) is 14.0. The molecule has 4 nitrogen and oxygen atoms in total. The Balaban J connectivity index is 1.71. The number of nitrogens with one attached hydrogen (secondary N) is 1. The minimum atomic E-state index is -0.0844. The van der Waals surface area contributed by atoms with Crippen LogP contribution in [0.1, 0.15) is 37.1 Å². The number of halogens is 1. The van der Waals surface area contributed by atoms with Crippen LogP contribution in [0.4, 0.5) is 5.13 Å². The highest BCUT2D eigenvalue weighted by atomic mass is 35.5. The normalized spacial score (nSPS) is 18.5. The van der Waals surface area contributed by atoms with Crippen LogP contribution in [0, 0.1) is 0 Å². The van der Waals surface area contributed by atoms with E-state index < -0.39 is 0 Å². The molecule has 1 unspecified atom stereocenters. The lowest BCUT2D eigenvalue weighted by Crippen LogP contribution is -2.23. The Morgan fingerprint density at radius 1 is 1.55 bits per heavy atom. The Kier molecular flexibility index (Phi) is 4.76. The smallest absolute Gasteiger partial charge is 0.223 e. The molecule has 1 atom stereocenters. The molecule has 1 aromatic carbocycles. The third-order valence-corrected chi connectivity index (χ3v) is 4.84. The van der Waals surface area contributed by atoms with E-state index in [1.54, 1.807) is 0 Å². The second kappa shape index (κ2) is 6.77. The van der Waals surface area contributed by atoms with Gasteiger partial charge in [-0.1, -0.05) is 23.7 Å². The van der Waals surface area contributed by atoms with Gasteiger partial charge in [-0.15, -0.1) is 11.3 Å². The maximum atomic E-state index is 11.1. The van der Waals surface area contributed by atoms with E-state index in [0.29, 0.717) is 11.2 Å². The summed E-state index contributed by atoms with van der Waals surface area (Å²) >= 11 is 7.58. The first-order chi connectivity index (χ1) is 10.6. The van der Waals surface area contributed by atoms with E-state index in [0.717, 1.165) is 30.2 Å². The number of anilines is 1. The van der Waals surface area contributed by atoms with E-state index in [9.17, 15) is 4.79 Å². The van der Waals surface area contributed by atoms with Crippen molar-refractivity contribution < 1.29 is 4.79 Å². The van der Waals surface area contributed by atoms with Gasteiger partial charge in [0, 0.05) is 29.9 Å². The fraction of sp³-hybridized carbons (Fsp3) is 0.375. The van der Waals surface area contributed by atoms with E-state index in [1.165, 1.54) is 30.2 Å². The summed E-state index contributed by atoms with van der Waals surface area (Å²) < 4.78 is 0. The predicted molar refractivity (Wildman–Crippen MR) is 90.3 cm³/mol. The summed E-state index contributed by atoms with van der Waals surface area (Å²) in [7, 11) is 0. The maximum Gasteiger partial charge on any atom is 0.223 e. The number of aromatic nitrogens is 1.